The molecule has 0 aliphatic carbocycles. The number of amides is 1. The molecule has 1 aromatic heterocycles. The third-order valence-corrected chi connectivity index (χ3v) is 4.18. The van der Waals surface area contributed by atoms with Crippen molar-refractivity contribution in [2.75, 3.05) is 6.54 Å². The molecule has 0 saturated heterocycles. The van der Waals surface area contributed by atoms with Gasteiger partial charge in [-0.15, -0.1) is 0 Å². The van der Waals surface area contributed by atoms with E-state index in [1.807, 2.05) is 54.6 Å². The van der Waals surface area contributed by atoms with E-state index in [9.17, 15) is 4.79 Å². The summed E-state index contributed by atoms with van der Waals surface area (Å²) in [6.07, 6.45) is 1.30. The number of para-hydroxylation sites is 1. The Labute approximate surface area is 140 Å². The van der Waals surface area contributed by atoms with E-state index in [-0.39, 0.29) is 12.0 Å². The maximum atomic E-state index is 12.8. The molecule has 0 spiro atoms. The molecule has 120 valence electrons. The van der Waals surface area contributed by atoms with Crippen LogP contribution in [0, 0.1) is 0 Å². The van der Waals surface area contributed by atoms with E-state index >= 15 is 0 Å². The largest absolute Gasteiger partial charge is 0.484 e. The van der Waals surface area contributed by atoms with Crippen molar-refractivity contribution in [2.24, 2.45) is 0 Å². The van der Waals surface area contributed by atoms with Crippen molar-refractivity contribution in [3.05, 3.63) is 89.9 Å². The van der Waals surface area contributed by atoms with Crippen LogP contribution in [0.15, 0.2) is 77.4 Å². The first-order valence-electron chi connectivity index (χ1n) is 7.93. The number of ether oxygens (including phenoxy) is 1. The number of benzene rings is 2. The third kappa shape index (κ3) is 2.78. The minimum Gasteiger partial charge on any atom is -0.484 e. The molecule has 0 bridgehead atoms. The summed E-state index contributed by atoms with van der Waals surface area (Å²) in [5.41, 5.74) is 2.04. The molecule has 4 rings (SSSR count). The number of rotatable bonds is 2. The van der Waals surface area contributed by atoms with Crippen LogP contribution in [0.1, 0.15) is 27.8 Å². The van der Waals surface area contributed by atoms with Crippen molar-refractivity contribution in [3.63, 3.8) is 0 Å². The van der Waals surface area contributed by atoms with Crippen LogP contribution >= 0.6 is 0 Å². The molecule has 0 radical (unpaired) electrons. The van der Waals surface area contributed by atoms with E-state index in [0.29, 0.717) is 18.8 Å². The smallest absolute Gasteiger partial charge is 0.289 e. The van der Waals surface area contributed by atoms with Crippen LogP contribution in [0.25, 0.3) is 0 Å². The van der Waals surface area contributed by atoms with E-state index in [1.165, 1.54) is 6.26 Å². The lowest BCUT2D eigenvalue weighted by Gasteiger charge is -2.23. The SMILES string of the molecule is O=C(c1ccco1)N1Cc2ccccc2O[C@H](c2ccccc2)C1. The second-order valence-electron chi connectivity index (χ2n) is 5.79. The van der Waals surface area contributed by atoms with Crippen LogP contribution < -0.4 is 4.74 Å². The molecule has 1 aliphatic heterocycles. The average molecular weight is 319 g/mol. The zero-order chi connectivity index (χ0) is 16.4. The highest BCUT2D eigenvalue weighted by molar-refractivity contribution is 5.91. The number of furan rings is 1. The first-order valence-corrected chi connectivity index (χ1v) is 7.93. The standard InChI is InChI=1S/C20H17NO3/c22-20(18-11-6-12-23-18)21-13-16-9-4-5-10-17(16)24-19(14-21)15-7-2-1-3-8-15/h1-12,19H,13-14H2/t19-/m0/s1. The molecule has 1 aliphatic rings. The predicted octanol–water partition coefficient (Wildman–Crippen LogP) is 4.06. The highest BCUT2D eigenvalue weighted by atomic mass is 16.5. The number of carbonyl (C=O) groups is 1. The maximum absolute atomic E-state index is 12.8. The Kier molecular flexibility index (Phi) is 3.79. The minimum absolute atomic E-state index is 0.124. The predicted molar refractivity (Wildman–Crippen MR) is 89.7 cm³/mol. The Morgan fingerprint density at radius 3 is 2.54 bits per heavy atom. The lowest BCUT2D eigenvalue weighted by molar-refractivity contribution is 0.0646. The molecule has 1 atom stereocenters. The van der Waals surface area contributed by atoms with Gasteiger partial charge in [0.15, 0.2) is 5.76 Å². The van der Waals surface area contributed by atoms with Gasteiger partial charge in [0, 0.05) is 12.1 Å². The second-order valence-corrected chi connectivity index (χ2v) is 5.79. The van der Waals surface area contributed by atoms with Crippen LogP contribution in [0.3, 0.4) is 0 Å². The number of fused-ring (bicyclic) bond motifs is 1. The highest BCUT2D eigenvalue weighted by Crippen LogP contribution is 2.31. The Hall–Kier alpha value is -3.01. The topological polar surface area (TPSA) is 42.7 Å². The third-order valence-electron chi connectivity index (χ3n) is 4.18. The summed E-state index contributed by atoms with van der Waals surface area (Å²) in [5, 5.41) is 0. The fourth-order valence-electron chi connectivity index (χ4n) is 2.96. The van der Waals surface area contributed by atoms with Crippen molar-refractivity contribution in [1.82, 2.24) is 4.90 Å². The zero-order valence-electron chi connectivity index (χ0n) is 13.1. The number of hydrogen-bond donors (Lipinski definition) is 0. The molecule has 24 heavy (non-hydrogen) atoms. The van der Waals surface area contributed by atoms with Gasteiger partial charge in [-0.25, -0.2) is 0 Å². The average Bonchev–Trinajstić information content (AvgIpc) is 3.09. The molecular weight excluding hydrogens is 302 g/mol. The van der Waals surface area contributed by atoms with Gasteiger partial charge in [-0.05, 0) is 23.8 Å². The van der Waals surface area contributed by atoms with Crippen LogP contribution in [0.4, 0.5) is 0 Å². The Bertz CT molecular complexity index is 827. The Balaban J connectivity index is 1.71. The molecule has 4 nitrogen and oxygen atoms in total. The van der Waals surface area contributed by atoms with Crippen molar-refractivity contribution >= 4 is 5.91 Å². The summed E-state index contributed by atoms with van der Waals surface area (Å²) in [6, 6.07) is 21.2. The lowest BCUT2D eigenvalue weighted by atomic mass is 10.1. The summed E-state index contributed by atoms with van der Waals surface area (Å²) in [4.78, 5) is 14.6. The van der Waals surface area contributed by atoms with Crippen LogP contribution in [-0.2, 0) is 6.54 Å². The van der Waals surface area contributed by atoms with E-state index in [1.54, 1.807) is 17.0 Å². The molecular formula is C20H17NO3. The molecule has 0 unspecified atom stereocenters. The molecule has 2 aromatic carbocycles. The summed E-state index contributed by atoms with van der Waals surface area (Å²) >= 11 is 0. The molecule has 2 heterocycles. The Morgan fingerprint density at radius 2 is 1.75 bits per heavy atom. The summed E-state index contributed by atoms with van der Waals surface area (Å²) in [6.45, 7) is 0.970. The molecule has 1 amide bonds. The van der Waals surface area contributed by atoms with Crippen molar-refractivity contribution in [2.45, 2.75) is 12.6 Å². The highest BCUT2D eigenvalue weighted by Gasteiger charge is 2.28. The number of nitrogens with zero attached hydrogens (tertiary/aromatic N) is 1. The van der Waals surface area contributed by atoms with Crippen LogP contribution in [0.2, 0.25) is 0 Å². The lowest BCUT2D eigenvalue weighted by Crippen LogP contribution is -2.33. The molecule has 0 saturated carbocycles. The van der Waals surface area contributed by atoms with Gasteiger partial charge in [0.1, 0.15) is 11.9 Å². The van der Waals surface area contributed by atoms with Gasteiger partial charge >= 0.3 is 0 Å². The van der Waals surface area contributed by atoms with E-state index in [4.69, 9.17) is 9.15 Å². The van der Waals surface area contributed by atoms with Gasteiger partial charge in [0.2, 0.25) is 0 Å². The van der Waals surface area contributed by atoms with Crippen molar-refractivity contribution in [3.8, 4) is 5.75 Å². The Morgan fingerprint density at radius 1 is 0.958 bits per heavy atom. The first-order chi connectivity index (χ1) is 11.8. The zero-order valence-corrected chi connectivity index (χ0v) is 13.1. The van der Waals surface area contributed by atoms with Crippen molar-refractivity contribution in [1.29, 1.82) is 0 Å². The maximum Gasteiger partial charge on any atom is 0.289 e. The summed E-state index contributed by atoms with van der Waals surface area (Å²) in [5.74, 6) is 1.04. The van der Waals surface area contributed by atoms with Gasteiger partial charge < -0.3 is 14.1 Å². The minimum atomic E-state index is -0.214. The second kappa shape index (κ2) is 6.24. The fraction of sp³-hybridized carbons (Fsp3) is 0.150. The van der Waals surface area contributed by atoms with E-state index < -0.39 is 0 Å². The molecule has 0 N–H and O–H groups in total. The van der Waals surface area contributed by atoms with Gasteiger partial charge in [-0.3, -0.25) is 4.79 Å². The molecule has 3 aromatic rings. The van der Waals surface area contributed by atoms with Gasteiger partial charge in [-0.2, -0.15) is 0 Å². The number of carbonyl (C=O) groups excluding carboxylic acids is 1. The van der Waals surface area contributed by atoms with Crippen molar-refractivity contribution < 1.29 is 13.9 Å². The van der Waals surface area contributed by atoms with E-state index in [2.05, 4.69) is 0 Å². The molecule has 4 heteroatoms. The van der Waals surface area contributed by atoms with Gasteiger partial charge in [-0.1, -0.05) is 48.5 Å². The quantitative estimate of drug-likeness (QED) is 0.715. The fourth-order valence-corrected chi connectivity index (χ4v) is 2.96. The monoisotopic (exact) mass is 319 g/mol. The van der Waals surface area contributed by atoms with Gasteiger partial charge in [0.05, 0.1) is 12.8 Å². The summed E-state index contributed by atoms with van der Waals surface area (Å²) < 4.78 is 11.5. The molecule has 0 fully saturated rings. The number of hydrogen-bond acceptors (Lipinski definition) is 3. The van der Waals surface area contributed by atoms with Gasteiger partial charge in [0.25, 0.3) is 5.91 Å². The first kappa shape index (κ1) is 14.6. The van der Waals surface area contributed by atoms with E-state index in [0.717, 1.165) is 16.9 Å². The normalized spacial score (nSPS) is 16.8. The van der Waals surface area contributed by atoms with Crippen LogP contribution in [-0.4, -0.2) is 17.4 Å². The van der Waals surface area contributed by atoms with Crippen LogP contribution in [0.5, 0.6) is 5.75 Å². The summed E-state index contributed by atoms with van der Waals surface area (Å²) in [7, 11) is 0.